The Bertz CT molecular complexity index is 353. The summed E-state index contributed by atoms with van der Waals surface area (Å²) in [7, 11) is 0. The maximum atomic E-state index is 12.9. The fraction of sp³-hybridized carbons (Fsp3) is 0.500. The number of aliphatic hydroxyl groups is 1. The van der Waals surface area contributed by atoms with Crippen LogP contribution < -0.4 is 5.32 Å². The predicted molar refractivity (Wildman–Crippen MR) is 59.0 cm³/mol. The predicted octanol–water partition coefficient (Wildman–Crippen LogP) is 2.22. The Morgan fingerprint density at radius 3 is 2.50 bits per heavy atom. The third-order valence-electron chi connectivity index (χ3n) is 2.49. The van der Waals surface area contributed by atoms with Crippen LogP contribution in [0.15, 0.2) is 18.2 Å². The number of benzene rings is 1. The minimum Gasteiger partial charge on any atom is -0.396 e. The maximum absolute atomic E-state index is 12.9. The summed E-state index contributed by atoms with van der Waals surface area (Å²) in [4.78, 5) is 0. The van der Waals surface area contributed by atoms with Gasteiger partial charge < -0.3 is 10.4 Å². The summed E-state index contributed by atoms with van der Waals surface area (Å²) in [5.41, 5.74) is 0.462. The summed E-state index contributed by atoms with van der Waals surface area (Å²) < 4.78 is 25.6. The molecule has 0 aromatic heterocycles. The van der Waals surface area contributed by atoms with Crippen molar-refractivity contribution in [3.8, 4) is 0 Å². The molecule has 2 nitrogen and oxygen atoms in total. The molecule has 0 amide bonds. The van der Waals surface area contributed by atoms with E-state index in [0.717, 1.165) is 6.07 Å². The van der Waals surface area contributed by atoms with Crippen LogP contribution in [0.1, 0.15) is 25.8 Å². The molecule has 1 rings (SSSR count). The molecular formula is C12H17F2NO. The Labute approximate surface area is 94.3 Å². The molecule has 1 aromatic rings. The van der Waals surface area contributed by atoms with Crippen molar-refractivity contribution in [1.82, 2.24) is 5.32 Å². The summed E-state index contributed by atoms with van der Waals surface area (Å²) in [6.45, 7) is 4.44. The van der Waals surface area contributed by atoms with Gasteiger partial charge in [0.05, 0.1) is 0 Å². The Morgan fingerprint density at radius 2 is 1.94 bits per heavy atom. The number of rotatable bonds is 5. The summed E-state index contributed by atoms with van der Waals surface area (Å²) in [6, 6.07) is 3.84. The van der Waals surface area contributed by atoms with E-state index in [1.807, 2.05) is 13.8 Å². The summed E-state index contributed by atoms with van der Waals surface area (Å²) in [6.07, 6.45) is 0.608. The van der Waals surface area contributed by atoms with Gasteiger partial charge in [-0.1, -0.05) is 6.07 Å². The van der Waals surface area contributed by atoms with Crippen LogP contribution in [0.2, 0.25) is 0 Å². The van der Waals surface area contributed by atoms with Gasteiger partial charge in [0.2, 0.25) is 0 Å². The van der Waals surface area contributed by atoms with Crippen LogP contribution in [-0.4, -0.2) is 17.3 Å². The molecule has 0 unspecified atom stereocenters. The molecule has 1 aromatic carbocycles. The van der Waals surface area contributed by atoms with Crippen LogP contribution in [0, 0.1) is 11.6 Å². The minimum atomic E-state index is -0.835. The molecule has 4 heteroatoms. The molecule has 0 radical (unpaired) electrons. The molecule has 16 heavy (non-hydrogen) atoms. The lowest BCUT2D eigenvalue weighted by molar-refractivity contribution is 0.230. The Kier molecular flexibility index (Phi) is 4.38. The second kappa shape index (κ2) is 5.37. The molecule has 0 bridgehead atoms. The van der Waals surface area contributed by atoms with Crippen LogP contribution in [0.4, 0.5) is 8.78 Å². The van der Waals surface area contributed by atoms with Crippen LogP contribution in [0.25, 0.3) is 0 Å². The highest BCUT2D eigenvalue weighted by Gasteiger charge is 2.15. The van der Waals surface area contributed by atoms with Crippen LogP contribution in [0.5, 0.6) is 0 Å². The Hall–Kier alpha value is -1.00. The zero-order chi connectivity index (χ0) is 12.2. The van der Waals surface area contributed by atoms with E-state index in [-0.39, 0.29) is 12.1 Å². The fourth-order valence-electron chi connectivity index (χ4n) is 1.36. The zero-order valence-corrected chi connectivity index (χ0v) is 9.56. The standard InChI is InChI=1S/C12H17F2NO/c1-12(2,5-6-16)15-8-9-3-4-10(13)11(14)7-9/h3-4,7,15-16H,5-6,8H2,1-2H3. The monoisotopic (exact) mass is 229 g/mol. The van der Waals surface area contributed by atoms with Gasteiger partial charge in [0.25, 0.3) is 0 Å². The molecule has 2 N–H and O–H groups in total. The molecule has 0 heterocycles. The van der Waals surface area contributed by atoms with E-state index in [2.05, 4.69) is 5.32 Å². The van der Waals surface area contributed by atoms with Gasteiger partial charge in [-0.05, 0) is 38.0 Å². The average molecular weight is 229 g/mol. The first-order valence-electron chi connectivity index (χ1n) is 5.24. The summed E-state index contributed by atoms with van der Waals surface area (Å²) in [5.74, 6) is -1.67. The van der Waals surface area contributed by atoms with Gasteiger partial charge in [0.15, 0.2) is 11.6 Å². The molecule has 0 aliphatic heterocycles. The first-order chi connectivity index (χ1) is 7.44. The molecule has 0 saturated carbocycles. The molecule has 0 aliphatic rings. The van der Waals surface area contributed by atoms with Crippen molar-refractivity contribution in [3.63, 3.8) is 0 Å². The van der Waals surface area contributed by atoms with Gasteiger partial charge in [0, 0.05) is 18.7 Å². The molecule has 90 valence electrons. The van der Waals surface area contributed by atoms with Crippen molar-refractivity contribution < 1.29 is 13.9 Å². The van der Waals surface area contributed by atoms with Crippen LogP contribution in [-0.2, 0) is 6.54 Å². The summed E-state index contributed by atoms with van der Waals surface area (Å²) in [5, 5.41) is 12.0. The van der Waals surface area contributed by atoms with Gasteiger partial charge in [-0.3, -0.25) is 0 Å². The molecule has 0 spiro atoms. The molecular weight excluding hydrogens is 212 g/mol. The smallest absolute Gasteiger partial charge is 0.159 e. The number of nitrogens with one attached hydrogen (secondary N) is 1. The number of hydrogen-bond donors (Lipinski definition) is 2. The number of hydrogen-bond acceptors (Lipinski definition) is 2. The van der Waals surface area contributed by atoms with Gasteiger partial charge in [-0.25, -0.2) is 8.78 Å². The Balaban J connectivity index is 2.57. The van der Waals surface area contributed by atoms with Crippen molar-refractivity contribution in [2.45, 2.75) is 32.4 Å². The quantitative estimate of drug-likeness (QED) is 0.811. The van der Waals surface area contributed by atoms with Gasteiger partial charge in [-0.2, -0.15) is 0 Å². The van der Waals surface area contributed by atoms with Crippen LogP contribution in [0.3, 0.4) is 0 Å². The molecule has 0 aliphatic carbocycles. The highest BCUT2D eigenvalue weighted by atomic mass is 19.2. The number of halogens is 2. The lowest BCUT2D eigenvalue weighted by Crippen LogP contribution is -2.39. The second-order valence-corrected chi connectivity index (χ2v) is 4.46. The topological polar surface area (TPSA) is 32.3 Å². The largest absolute Gasteiger partial charge is 0.396 e. The average Bonchev–Trinajstić information content (AvgIpc) is 2.20. The summed E-state index contributed by atoms with van der Waals surface area (Å²) >= 11 is 0. The van der Waals surface area contributed by atoms with E-state index >= 15 is 0 Å². The third kappa shape index (κ3) is 3.87. The van der Waals surface area contributed by atoms with E-state index < -0.39 is 11.6 Å². The van der Waals surface area contributed by atoms with E-state index in [1.54, 1.807) is 6.07 Å². The molecule has 0 fully saturated rings. The first-order valence-corrected chi connectivity index (χ1v) is 5.24. The maximum Gasteiger partial charge on any atom is 0.159 e. The van der Waals surface area contributed by atoms with Gasteiger partial charge in [-0.15, -0.1) is 0 Å². The Morgan fingerprint density at radius 1 is 1.25 bits per heavy atom. The van der Waals surface area contributed by atoms with Crippen molar-refractivity contribution in [2.75, 3.05) is 6.61 Å². The van der Waals surface area contributed by atoms with Crippen LogP contribution >= 0.6 is 0 Å². The molecule has 0 atom stereocenters. The first kappa shape index (κ1) is 13.1. The highest BCUT2D eigenvalue weighted by molar-refractivity contribution is 5.17. The SMILES string of the molecule is CC(C)(CCO)NCc1ccc(F)c(F)c1. The lowest BCUT2D eigenvalue weighted by atomic mass is 10.0. The number of aliphatic hydroxyl groups excluding tert-OH is 1. The second-order valence-electron chi connectivity index (χ2n) is 4.46. The lowest BCUT2D eigenvalue weighted by Gasteiger charge is -2.25. The minimum absolute atomic E-state index is 0.0950. The zero-order valence-electron chi connectivity index (χ0n) is 9.56. The van der Waals surface area contributed by atoms with Gasteiger partial charge >= 0.3 is 0 Å². The van der Waals surface area contributed by atoms with Crippen molar-refractivity contribution in [1.29, 1.82) is 0 Å². The van der Waals surface area contributed by atoms with E-state index in [0.29, 0.717) is 18.5 Å². The van der Waals surface area contributed by atoms with Crippen molar-refractivity contribution in [3.05, 3.63) is 35.4 Å². The van der Waals surface area contributed by atoms with Crippen molar-refractivity contribution >= 4 is 0 Å². The van der Waals surface area contributed by atoms with E-state index in [4.69, 9.17) is 5.11 Å². The third-order valence-corrected chi connectivity index (χ3v) is 2.49. The highest BCUT2D eigenvalue weighted by Crippen LogP contribution is 2.12. The van der Waals surface area contributed by atoms with Crippen molar-refractivity contribution in [2.24, 2.45) is 0 Å². The van der Waals surface area contributed by atoms with E-state index in [9.17, 15) is 8.78 Å². The van der Waals surface area contributed by atoms with Gasteiger partial charge in [0.1, 0.15) is 0 Å². The molecule has 0 saturated heterocycles. The van der Waals surface area contributed by atoms with E-state index in [1.165, 1.54) is 6.07 Å². The normalized spacial score (nSPS) is 11.8. The fourth-order valence-corrected chi connectivity index (χ4v) is 1.36.